The average Bonchev–Trinajstić information content (AvgIpc) is 2.62. The van der Waals surface area contributed by atoms with Gasteiger partial charge in [0.15, 0.2) is 0 Å². The first kappa shape index (κ1) is 17.3. The summed E-state index contributed by atoms with van der Waals surface area (Å²) in [6.07, 6.45) is 3.49. The fourth-order valence-corrected chi connectivity index (χ4v) is 3.29. The molecule has 0 bridgehead atoms. The highest BCUT2D eigenvalue weighted by molar-refractivity contribution is 5.82. The van der Waals surface area contributed by atoms with Crippen LogP contribution in [-0.4, -0.2) is 46.6 Å². The number of methoxy groups -OCH3 is 2. The second kappa shape index (κ2) is 7.18. The fourth-order valence-electron chi connectivity index (χ4n) is 3.29. The molecular weight excluding hydrogens is 324 g/mol. The number of aromatic nitrogens is 2. The maximum absolute atomic E-state index is 11.3. The molecule has 0 amide bonds. The standard InChI is InChI=1S/C17H22N4O4/c1-11-6-4-5-7-20(11)10-12-8-13(21(22)23)9-14-15(12)19-17(25-3)16(18-14)24-2/h8-9,11H,4-7,10H2,1-3H3. The number of hydrogen-bond acceptors (Lipinski definition) is 7. The van der Waals surface area contributed by atoms with Gasteiger partial charge in [-0.05, 0) is 26.3 Å². The van der Waals surface area contributed by atoms with E-state index >= 15 is 0 Å². The number of non-ortho nitro benzene ring substituents is 1. The minimum Gasteiger partial charge on any atom is -0.477 e. The molecule has 134 valence electrons. The number of likely N-dealkylation sites (tertiary alicyclic amines) is 1. The summed E-state index contributed by atoms with van der Waals surface area (Å²) in [4.78, 5) is 22.1. The number of benzene rings is 1. The van der Waals surface area contributed by atoms with Crippen LogP contribution in [0.3, 0.4) is 0 Å². The Morgan fingerprint density at radius 1 is 1.24 bits per heavy atom. The summed E-state index contributed by atoms with van der Waals surface area (Å²) in [6, 6.07) is 3.45. The third-order valence-corrected chi connectivity index (χ3v) is 4.68. The number of ether oxygens (including phenoxy) is 2. The smallest absolute Gasteiger partial charge is 0.278 e. The van der Waals surface area contributed by atoms with Gasteiger partial charge < -0.3 is 9.47 Å². The summed E-state index contributed by atoms with van der Waals surface area (Å²) in [7, 11) is 2.96. The Hall–Kier alpha value is -2.48. The van der Waals surface area contributed by atoms with Crippen LogP contribution in [0.1, 0.15) is 31.7 Å². The zero-order valence-corrected chi connectivity index (χ0v) is 14.7. The van der Waals surface area contributed by atoms with Crippen molar-refractivity contribution in [2.24, 2.45) is 0 Å². The zero-order valence-electron chi connectivity index (χ0n) is 14.7. The van der Waals surface area contributed by atoms with Gasteiger partial charge in [-0.2, -0.15) is 0 Å². The van der Waals surface area contributed by atoms with E-state index in [1.165, 1.54) is 26.7 Å². The van der Waals surface area contributed by atoms with Gasteiger partial charge in [0, 0.05) is 30.3 Å². The molecule has 2 heterocycles. The van der Waals surface area contributed by atoms with Crippen LogP contribution in [0.5, 0.6) is 11.8 Å². The molecule has 0 N–H and O–H groups in total. The molecule has 0 aliphatic carbocycles. The molecule has 0 radical (unpaired) electrons. The Bertz CT molecular complexity index is 796. The minimum atomic E-state index is -0.402. The average molecular weight is 346 g/mol. The summed E-state index contributed by atoms with van der Waals surface area (Å²) >= 11 is 0. The molecule has 1 atom stereocenters. The monoisotopic (exact) mass is 346 g/mol. The van der Waals surface area contributed by atoms with Crippen LogP contribution < -0.4 is 9.47 Å². The van der Waals surface area contributed by atoms with Crippen LogP contribution in [0, 0.1) is 10.1 Å². The lowest BCUT2D eigenvalue weighted by Crippen LogP contribution is -2.36. The van der Waals surface area contributed by atoms with Crippen LogP contribution >= 0.6 is 0 Å². The summed E-state index contributed by atoms with van der Waals surface area (Å²) in [5, 5.41) is 11.3. The third-order valence-electron chi connectivity index (χ3n) is 4.68. The summed E-state index contributed by atoms with van der Waals surface area (Å²) in [6.45, 7) is 3.77. The van der Waals surface area contributed by atoms with Crippen LogP contribution in [0.25, 0.3) is 11.0 Å². The first-order valence-corrected chi connectivity index (χ1v) is 8.34. The molecular formula is C17H22N4O4. The van der Waals surface area contributed by atoms with Gasteiger partial charge in [0.25, 0.3) is 17.4 Å². The highest BCUT2D eigenvalue weighted by Crippen LogP contribution is 2.31. The molecule has 1 aliphatic rings. The molecule has 3 rings (SSSR count). The SMILES string of the molecule is COc1nc2cc([N+](=O)[O-])cc(CN3CCCCC3C)c2nc1OC. The van der Waals surface area contributed by atoms with Crippen molar-refractivity contribution < 1.29 is 14.4 Å². The Morgan fingerprint density at radius 3 is 2.60 bits per heavy atom. The van der Waals surface area contributed by atoms with E-state index in [1.54, 1.807) is 6.07 Å². The van der Waals surface area contributed by atoms with Crippen molar-refractivity contribution >= 4 is 16.7 Å². The van der Waals surface area contributed by atoms with Crippen molar-refractivity contribution in [3.63, 3.8) is 0 Å². The largest absolute Gasteiger partial charge is 0.477 e. The van der Waals surface area contributed by atoms with E-state index in [0.29, 0.717) is 23.6 Å². The second-order valence-corrected chi connectivity index (χ2v) is 6.29. The van der Waals surface area contributed by atoms with E-state index < -0.39 is 4.92 Å². The van der Waals surface area contributed by atoms with E-state index in [0.717, 1.165) is 24.9 Å². The normalized spacial score (nSPS) is 18.3. The van der Waals surface area contributed by atoms with E-state index in [-0.39, 0.29) is 17.4 Å². The Balaban J connectivity index is 2.11. The Labute approximate surface area is 145 Å². The van der Waals surface area contributed by atoms with E-state index in [4.69, 9.17) is 9.47 Å². The number of nitrogens with zero attached hydrogens (tertiary/aromatic N) is 4. The highest BCUT2D eigenvalue weighted by atomic mass is 16.6. The summed E-state index contributed by atoms with van der Waals surface area (Å²) < 4.78 is 10.4. The highest BCUT2D eigenvalue weighted by Gasteiger charge is 2.23. The Morgan fingerprint density at radius 2 is 1.96 bits per heavy atom. The lowest BCUT2D eigenvalue weighted by atomic mass is 10.0. The second-order valence-electron chi connectivity index (χ2n) is 6.29. The Kier molecular flexibility index (Phi) is 4.98. The number of nitro groups is 1. The maximum Gasteiger partial charge on any atom is 0.278 e. The van der Waals surface area contributed by atoms with Crippen molar-refractivity contribution in [1.29, 1.82) is 0 Å². The van der Waals surface area contributed by atoms with Gasteiger partial charge in [0.1, 0.15) is 5.52 Å². The number of fused-ring (bicyclic) bond motifs is 1. The lowest BCUT2D eigenvalue weighted by molar-refractivity contribution is -0.384. The number of nitro benzene ring substituents is 1. The van der Waals surface area contributed by atoms with Crippen molar-refractivity contribution in [1.82, 2.24) is 14.9 Å². The van der Waals surface area contributed by atoms with Gasteiger partial charge in [-0.25, -0.2) is 9.97 Å². The molecule has 1 saturated heterocycles. The molecule has 2 aromatic rings. The van der Waals surface area contributed by atoms with E-state index in [9.17, 15) is 10.1 Å². The van der Waals surface area contributed by atoms with E-state index in [2.05, 4.69) is 21.8 Å². The quantitative estimate of drug-likeness (QED) is 0.607. The topological polar surface area (TPSA) is 90.6 Å². The molecule has 1 unspecified atom stereocenters. The minimum absolute atomic E-state index is 0.00804. The molecule has 25 heavy (non-hydrogen) atoms. The van der Waals surface area contributed by atoms with Crippen molar-refractivity contribution in [2.45, 2.75) is 38.8 Å². The van der Waals surface area contributed by atoms with Gasteiger partial charge >= 0.3 is 0 Å². The number of rotatable bonds is 5. The van der Waals surface area contributed by atoms with Gasteiger partial charge in [-0.3, -0.25) is 15.0 Å². The third kappa shape index (κ3) is 3.48. The van der Waals surface area contributed by atoms with Crippen LogP contribution in [-0.2, 0) is 6.54 Å². The van der Waals surface area contributed by atoms with Crippen molar-refractivity contribution in [3.8, 4) is 11.8 Å². The van der Waals surface area contributed by atoms with Crippen LogP contribution in [0.15, 0.2) is 12.1 Å². The molecule has 8 heteroatoms. The molecule has 1 aliphatic heterocycles. The maximum atomic E-state index is 11.3. The number of piperidine rings is 1. The summed E-state index contributed by atoms with van der Waals surface area (Å²) in [5.74, 6) is 0.490. The molecule has 0 saturated carbocycles. The van der Waals surface area contributed by atoms with E-state index in [1.807, 2.05) is 0 Å². The lowest BCUT2D eigenvalue weighted by Gasteiger charge is -2.33. The van der Waals surface area contributed by atoms with Crippen molar-refractivity contribution in [2.75, 3.05) is 20.8 Å². The van der Waals surface area contributed by atoms with Gasteiger partial charge in [-0.1, -0.05) is 6.42 Å². The van der Waals surface area contributed by atoms with Gasteiger partial charge in [0.2, 0.25) is 0 Å². The molecule has 1 aromatic heterocycles. The first-order valence-electron chi connectivity index (χ1n) is 8.34. The summed E-state index contributed by atoms with van der Waals surface area (Å²) in [5.41, 5.74) is 1.84. The molecule has 8 nitrogen and oxygen atoms in total. The first-order chi connectivity index (χ1) is 12.0. The molecule has 0 spiro atoms. The van der Waals surface area contributed by atoms with Gasteiger partial charge in [0.05, 0.1) is 24.7 Å². The van der Waals surface area contributed by atoms with Gasteiger partial charge in [-0.15, -0.1) is 0 Å². The van der Waals surface area contributed by atoms with Crippen LogP contribution in [0.2, 0.25) is 0 Å². The predicted molar refractivity (Wildman–Crippen MR) is 93.0 cm³/mol. The fraction of sp³-hybridized carbons (Fsp3) is 0.529. The van der Waals surface area contributed by atoms with Crippen LogP contribution in [0.4, 0.5) is 5.69 Å². The molecule has 1 aromatic carbocycles. The zero-order chi connectivity index (χ0) is 18.0. The molecule has 1 fully saturated rings. The predicted octanol–water partition coefficient (Wildman–Crippen LogP) is 2.93. The van der Waals surface area contributed by atoms with Crippen molar-refractivity contribution in [3.05, 3.63) is 27.8 Å². The number of hydrogen-bond donors (Lipinski definition) is 0.